The summed E-state index contributed by atoms with van der Waals surface area (Å²) < 4.78 is 7.66. The zero-order valence-corrected chi connectivity index (χ0v) is 14.5. The van der Waals surface area contributed by atoms with E-state index in [4.69, 9.17) is 10.5 Å². The Balaban J connectivity index is 2.16. The molecule has 0 bridgehead atoms. The minimum atomic E-state index is -0.367. The molecule has 1 aromatic carbocycles. The Bertz CT molecular complexity index is 653. The lowest BCUT2D eigenvalue weighted by atomic mass is 10.2. The fraction of sp³-hybridized carbons (Fsp3) is 0.438. The van der Waals surface area contributed by atoms with Crippen LogP contribution in [0.25, 0.3) is 11.4 Å². The molecule has 0 atom stereocenters. The largest absolute Gasteiger partial charge is 0.493 e. The molecule has 0 fully saturated rings. The molecule has 0 saturated carbocycles. The van der Waals surface area contributed by atoms with E-state index in [0.717, 1.165) is 23.7 Å². The van der Waals surface area contributed by atoms with Crippen LogP contribution in [0.3, 0.4) is 0 Å². The number of nitrogens with zero attached hydrogens (tertiary/aromatic N) is 3. The minimum absolute atomic E-state index is 0.195. The zero-order chi connectivity index (χ0) is 16.8. The summed E-state index contributed by atoms with van der Waals surface area (Å²) in [4.78, 5) is 10.9. The first-order chi connectivity index (χ1) is 11.0. The third kappa shape index (κ3) is 4.72. The summed E-state index contributed by atoms with van der Waals surface area (Å²) in [5.41, 5.74) is 6.15. The van der Waals surface area contributed by atoms with Gasteiger partial charge in [-0.15, -0.1) is 10.2 Å². The third-order valence-electron chi connectivity index (χ3n) is 3.07. The molecule has 7 heteroatoms. The molecule has 0 spiro atoms. The van der Waals surface area contributed by atoms with Gasteiger partial charge in [-0.1, -0.05) is 25.6 Å². The topological polar surface area (TPSA) is 83.0 Å². The third-order valence-corrected chi connectivity index (χ3v) is 4.06. The van der Waals surface area contributed by atoms with Crippen LogP contribution in [0.4, 0.5) is 0 Å². The normalized spacial score (nSPS) is 11.0. The highest BCUT2D eigenvalue weighted by molar-refractivity contribution is 7.99. The van der Waals surface area contributed by atoms with Crippen LogP contribution in [0.2, 0.25) is 0 Å². The smallest absolute Gasteiger partial charge is 0.227 e. The van der Waals surface area contributed by atoms with Gasteiger partial charge in [0.25, 0.3) is 0 Å². The first kappa shape index (κ1) is 17.3. The maximum atomic E-state index is 10.9. The van der Waals surface area contributed by atoms with Gasteiger partial charge in [0, 0.05) is 12.1 Å². The second-order valence-electron chi connectivity index (χ2n) is 5.53. The van der Waals surface area contributed by atoms with Gasteiger partial charge in [-0.3, -0.25) is 4.79 Å². The van der Waals surface area contributed by atoms with E-state index in [-0.39, 0.29) is 11.7 Å². The SMILES string of the molecule is CCn1c(SCC(N)=O)nnc1-c1ccc(OCC(C)C)cc1. The van der Waals surface area contributed by atoms with Gasteiger partial charge in [0.05, 0.1) is 12.4 Å². The molecule has 2 rings (SSSR count). The summed E-state index contributed by atoms with van der Waals surface area (Å²) in [6.45, 7) is 7.65. The molecule has 124 valence electrons. The standard InChI is InChI=1S/C16H22N4O2S/c1-4-20-15(18-19-16(20)23-10-14(17)21)12-5-7-13(8-6-12)22-9-11(2)3/h5-8,11H,4,9-10H2,1-3H3,(H2,17,21). The van der Waals surface area contributed by atoms with E-state index in [1.54, 1.807) is 0 Å². The fourth-order valence-corrected chi connectivity index (χ4v) is 2.73. The Kier molecular flexibility index (Phi) is 6.04. The van der Waals surface area contributed by atoms with Crippen molar-refractivity contribution >= 4 is 17.7 Å². The molecule has 23 heavy (non-hydrogen) atoms. The van der Waals surface area contributed by atoms with E-state index >= 15 is 0 Å². The number of hydrogen-bond donors (Lipinski definition) is 1. The number of hydrogen-bond acceptors (Lipinski definition) is 5. The highest BCUT2D eigenvalue weighted by Crippen LogP contribution is 2.25. The number of primary amides is 1. The summed E-state index contributed by atoms with van der Waals surface area (Å²) in [6.07, 6.45) is 0. The van der Waals surface area contributed by atoms with E-state index < -0.39 is 0 Å². The molecule has 2 N–H and O–H groups in total. The number of amides is 1. The van der Waals surface area contributed by atoms with E-state index in [0.29, 0.717) is 17.7 Å². The number of rotatable bonds is 8. The van der Waals surface area contributed by atoms with Gasteiger partial charge >= 0.3 is 0 Å². The van der Waals surface area contributed by atoms with Crippen molar-refractivity contribution in [1.29, 1.82) is 0 Å². The lowest BCUT2D eigenvalue weighted by Gasteiger charge is -2.10. The van der Waals surface area contributed by atoms with Crippen molar-refractivity contribution in [3.8, 4) is 17.1 Å². The lowest BCUT2D eigenvalue weighted by molar-refractivity contribution is -0.115. The summed E-state index contributed by atoms with van der Waals surface area (Å²) >= 11 is 1.30. The van der Waals surface area contributed by atoms with Crippen molar-refractivity contribution in [3.05, 3.63) is 24.3 Å². The number of ether oxygens (including phenoxy) is 1. The van der Waals surface area contributed by atoms with Crippen molar-refractivity contribution in [2.75, 3.05) is 12.4 Å². The summed E-state index contributed by atoms with van der Waals surface area (Å²) in [6, 6.07) is 7.80. The van der Waals surface area contributed by atoms with Crippen LogP contribution in [0, 0.1) is 5.92 Å². The van der Waals surface area contributed by atoms with Crippen LogP contribution in [-0.4, -0.2) is 33.0 Å². The predicted molar refractivity (Wildman–Crippen MR) is 91.4 cm³/mol. The highest BCUT2D eigenvalue weighted by Gasteiger charge is 2.14. The van der Waals surface area contributed by atoms with Crippen molar-refractivity contribution in [1.82, 2.24) is 14.8 Å². The molecule has 0 radical (unpaired) electrons. The molecule has 0 unspecified atom stereocenters. The number of carbonyl (C=O) groups excluding carboxylic acids is 1. The Morgan fingerprint density at radius 3 is 2.57 bits per heavy atom. The molecule has 0 aliphatic heterocycles. The Hall–Kier alpha value is -2.02. The second kappa shape index (κ2) is 8.01. The molecule has 0 aliphatic rings. The van der Waals surface area contributed by atoms with Crippen molar-refractivity contribution < 1.29 is 9.53 Å². The van der Waals surface area contributed by atoms with E-state index in [1.165, 1.54) is 11.8 Å². The summed E-state index contributed by atoms with van der Waals surface area (Å²) in [5, 5.41) is 9.09. The molecule has 1 heterocycles. The monoisotopic (exact) mass is 334 g/mol. The minimum Gasteiger partial charge on any atom is -0.493 e. The average Bonchev–Trinajstić information content (AvgIpc) is 2.94. The molecular formula is C16H22N4O2S. The van der Waals surface area contributed by atoms with Crippen LogP contribution in [0.1, 0.15) is 20.8 Å². The van der Waals surface area contributed by atoms with E-state index in [2.05, 4.69) is 24.0 Å². The lowest BCUT2D eigenvalue weighted by Crippen LogP contribution is -2.13. The molecule has 1 aromatic heterocycles. The first-order valence-electron chi connectivity index (χ1n) is 7.58. The van der Waals surface area contributed by atoms with Crippen LogP contribution in [0.15, 0.2) is 29.4 Å². The maximum Gasteiger partial charge on any atom is 0.227 e. The summed E-state index contributed by atoms with van der Waals surface area (Å²) in [7, 11) is 0. The van der Waals surface area contributed by atoms with Gasteiger partial charge in [0.2, 0.25) is 5.91 Å². The fourth-order valence-electron chi connectivity index (χ4n) is 1.99. The van der Waals surface area contributed by atoms with E-state index in [9.17, 15) is 4.79 Å². The molecular weight excluding hydrogens is 312 g/mol. The molecule has 6 nitrogen and oxygen atoms in total. The molecule has 0 aliphatic carbocycles. The van der Waals surface area contributed by atoms with Gasteiger partial charge in [-0.05, 0) is 37.1 Å². The van der Waals surface area contributed by atoms with Gasteiger partial charge < -0.3 is 15.0 Å². The number of benzene rings is 1. The average molecular weight is 334 g/mol. The van der Waals surface area contributed by atoms with E-state index in [1.807, 2.05) is 35.8 Å². The van der Waals surface area contributed by atoms with Crippen molar-refractivity contribution in [3.63, 3.8) is 0 Å². The van der Waals surface area contributed by atoms with Gasteiger partial charge in [-0.25, -0.2) is 0 Å². The summed E-state index contributed by atoms with van der Waals surface area (Å²) in [5.74, 6) is 1.93. The Labute approximate surface area is 140 Å². The predicted octanol–water partition coefficient (Wildman–Crippen LogP) is 2.58. The Morgan fingerprint density at radius 2 is 2.00 bits per heavy atom. The highest BCUT2D eigenvalue weighted by atomic mass is 32.2. The second-order valence-corrected chi connectivity index (χ2v) is 6.48. The van der Waals surface area contributed by atoms with Crippen LogP contribution in [0.5, 0.6) is 5.75 Å². The van der Waals surface area contributed by atoms with Crippen molar-refractivity contribution in [2.24, 2.45) is 11.7 Å². The number of carbonyl (C=O) groups is 1. The van der Waals surface area contributed by atoms with Gasteiger partial charge in [0.1, 0.15) is 5.75 Å². The van der Waals surface area contributed by atoms with Gasteiger partial charge in [0.15, 0.2) is 11.0 Å². The molecule has 0 saturated heterocycles. The maximum absolute atomic E-state index is 10.9. The number of nitrogens with two attached hydrogens (primary N) is 1. The van der Waals surface area contributed by atoms with Gasteiger partial charge in [-0.2, -0.15) is 0 Å². The zero-order valence-electron chi connectivity index (χ0n) is 13.7. The van der Waals surface area contributed by atoms with Crippen LogP contribution in [-0.2, 0) is 11.3 Å². The first-order valence-corrected chi connectivity index (χ1v) is 8.57. The van der Waals surface area contributed by atoms with Crippen LogP contribution >= 0.6 is 11.8 Å². The Morgan fingerprint density at radius 1 is 1.30 bits per heavy atom. The molecule has 1 amide bonds. The molecule has 2 aromatic rings. The van der Waals surface area contributed by atoms with Crippen molar-refractivity contribution in [2.45, 2.75) is 32.5 Å². The van der Waals surface area contributed by atoms with Crippen LogP contribution < -0.4 is 10.5 Å². The number of thioether (sulfide) groups is 1. The quantitative estimate of drug-likeness (QED) is 0.750. The number of aromatic nitrogens is 3.